The van der Waals surface area contributed by atoms with E-state index in [-0.39, 0.29) is 12.1 Å². The molecule has 2 nitrogen and oxygen atoms in total. The average molecular weight is 436 g/mol. The van der Waals surface area contributed by atoms with Crippen molar-refractivity contribution in [1.82, 2.24) is 0 Å². The highest BCUT2D eigenvalue weighted by molar-refractivity contribution is 5.69. The molecule has 183 valence electrons. The van der Waals surface area contributed by atoms with Gasteiger partial charge in [-0.15, -0.1) is 0 Å². The van der Waals surface area contributed by atoms with E-state index in [1.165, 1.54) is 89.9 Å². The normalized spacial score (nSPS) is 11.3. The third-order valence-electron chi connectivity index (χ3n) is 5.08. The molecular formula is C29H55O2. The highest BCUT2D eigenvalue weighted by Gasteiger charge is 2.04. The van der Waals surface area contributed by atoms with Crippen molar-refractivity contribution < 1.29 is 9.53 Å². The molecule has 0 heterocycles. The van der Waals surface area contributed by atoms with Gasteiger partial charge in [-0.3, -0.25) is 4.79 Å². The molecule has 0 saturated carbocycles. The number of carbonyl (C=O) groups is 1. The minimum absolute atomic E-state index is 0.0273. The predicted octanol–water partition coefficient (Wildman–Crippen LogP) is 9.93. The van der Waals surface area contributed by atoms with Crippen LogP contribution in [0.1, 0.15) is 143 Å². The van der Waals surface area contributed by atoms with Crippen molar-refractivity contribution in [3.05, 3.63) is 31.2 Å². The number of esters is 1. The molecule has 0 saturated heterocycles. The summed E-state index contributed by atoms with van der Waals surface area (Å²) >= 11 is 0. The van der Waals surface area contributed by atoms with Crippen molar-refractivity contribution in [2.75, 3.05) is 0 Å². The van der Waals surface area contributed by atoms with Gasteiger partial charge in [0.2, 0.25) is 0 Å². The smallest absolute Gasteiger partial charge is 0.306 e. The van der Waals surface area contributed by atoms with Crippen LogP contribution in [-0.4, -0.2) is 12.1 Å². The van der Waals surface area contributed by atoms with E-state index in [0.717, 1.165) is 19.3 Å². The zero-order valence-corrected chi connectivity index (χ0v) is 21.6. The Morgan fingerprint density at radius 2 is 1.19 bits per heavy atom. The van der Waals surface area contributed by atoms with E-state index in [4.69, 9.17) is 4.74 Å². The fourth-order valence-electron chi connectivity index (χ4n) is 3.28. The van der Waals surface area contributed by atoms with Crippen LogP contribution in [0.25, 0.3) is 0 Å². The van der Waals surface area contributed by atoms with Crippen molar-refractivity contribution in [3.63, 3.8) is 0 Å². The molecule has 0 atom stereocenters. The van der Waals surface area contributed by atoms with Gasteiger partial charge in [-0.25, -0.2) is 0 Å². The minimum atomic E-state index is -0.0342. The van der Waals surface area contributed by atoms with Gasteiger partial charge < -0.3 is 4.74 Å². The summed E-state index contributed by atoms with van der Waals surface area (Å²) in [5.41, 5.74) is 0. The molecule has 0 aromatic rings. The quantitative estimate of drug-likeness (QED) is 0.108. The number of rotatable bonds is 20. The maximum Gasteiger partial charge on any atom is 0.306 e. The Morgan fingerprint density at radius 1 is 0.710 bits per heavy atom. The first-order valence-electron chi connectivity index (χ1n) is 13.4. The third-order valence-corrected chi connectivity index (χ3v) is 5.08. The fourth-order valence-corrected chi connectivity index (χ4v) is 3.28. The zero-order chi connectivity index (χ0) is 23.4. The van der Waals surface area contributed by atoms with Crippen molar-refractivity contribution in [2.45, 2.75) is 149 Å². The molecule has 0 bridgehead atoms. The molecule has 0 aromatic carbocycles. The summed E-state index contributed by atoms with van der Waals surface area (Å²) in [6.45, 7) is 12.0. The van der Waals surface area contributed by atoms with Gasteiger partial charge in [0.25, 0.3) is 0 Å². The van der Waals surface area contributed by atoms with E-state index in [0.29, 0.717) is 6.42 Å². The first-order valence-corrected chi connectivity index (χ1v) is 13.4. The first kappa shape index (κ1) is 32.1. The van der Waals surface area contributed by atoms with E-state index < -0.39 is 0 Å². The summed E-state index contributed by atoms with van der Waals surface area (Å²) in [4.78, 5) is 11.3. The Kier molecular flexibility index (Phi) is 30.0. The zero-order valence-electron chi connectivity index (χ0n) is 21.6. The second kappa shape index (κ2) is 28.9. The number of unbranched alkanes of at least 4 members (excludes halogenated alkanes) is 13. The highest BCUT2D eigenvalue weighted by Crippen LogP contribution is 2.13. The maximum absolute atomic E-state index is 11.3. The molecule has 0 fully saturated rings. The van der Waals surface area contributed by atoms with Gasteiger partial charge in [-0.05, 0) is 46.5 Å². The summed E-state index contributed by atoms with van der Waals surface area (Å²) in [7, 11) is 0. The number of hydrogen-bond donors (Lipinski definition) is 0. The lowest BCUT2D eigenvalue weighted by Crippen LogP contribution is -2.10. The fraction of sp³-hybridized carbons (Fsp3) is 0.793. The molecule has 0 aliphatic carbocycles. The Bertz CT molecular complexity index is 396. The highest BCUT2D eigenvalue weighted by atomic mass is 16.5. The number of ether oxygens (including phenoxy) is 1. The lowest BCUT2D eigenvalue weighted by Gasteiger charge is -2.07. The van der Waals surface area contributed by atoms with E-state index in [1.807, 2.05) is 13.8 Å². The van der Waals surface area contributed by atoms with Crippen molar-refractivity contribution in [3.8, 4) is 0 Å². The van der Waals surface area contributed by atoms with Crippen molar-refractivity contribution >= 4 is 5.97 Å². The number of allylic oxidation sites excluding steroid dienone is 4. The van der Waals surface area contributed by atoms with E-state index in [9.17, 15) is 4.79 Å². The standard InChI is InChI=1S/C19H38O2.C10H17/c1-4-5-6-7-8-9-10-11-12-13-14-15-16-17-19(20)21-18(2)3;1-3-5-7-9-10-8-6-4-2/h18H,4-17H2,1-3H3;5,7-8,10H,1,3-4,6,9H2,2H3. The summed E-state index contributed by atoms with van der Waals surface area (Å²) in [6.07, 6.45) is 31.1. The summed E-state index contributed by atoms with van der Waals surface area (Å²) < 4.78 is 5.12. The maximum atomic E-state index is 11.3. The molecule has 0 unspecified atom stereocenters. The van der Waals surface area contributed by atoms with Gasteiger partial charge in [0.05, 0.1) is 6.10 Å². The van der Waals surface area contributed by atoms with Gasteiger partial charge in [0.15, 0.2) is 0 Å². The van der Waals surface area contributed by atoms with Gasteiger partial charge in [0.1, 0.15) is 0 Å². The van der Waals surface area contributed by atoms with Crippen LogP contribution >= 0.6 is 0 Å². The average Bonchev–Trinajstić information content (AvgIpc) is 2.74. The molecule has 31 heavy (non-hydrogen) atoms. The lowest BCUT2D eigenvalue weighted by atomic mass is 10.0. The van der Waals surface area contributed by atoms with Crippen LogP contribution in [-0.2, 0) is 9.53 Å². The SMILES string of the molecule is CCCCCCCCCCCCCCCC(=O)OC(C)C.[CH2]CC=CCC=CCCC. The summed E-state index contributed by atoms with van der Waals surface area (Å²) in [6, 6.07) is 0. The summed E-state index contributed by atoms with van der Waals surface area (Å²) in [5, 5.41) is 0. The molecule has 2 heteroatoms. The molecule has 0 spiro atoms. The van der Waals surface area contributed by atoms with Crippen LogP contribution in [0.4, 0.5) is 0 Å². The molecule has 0 aliphatic rings. The topological polar surface area (TPSA) is 26.3 Å². The van der Waals surface area contributed by atoms with Crippen LogP contribution < -0.4 is 0 Å². The number of hydrogen-bond acceptors (Lipinski definition) is 2. The van der Waals surface area contributed by atoms with Gasteiger partial charge in [-0.2, -0.15) is 0 Å². The predicted molar refractivity (Wildman–Crippen MR) is 139 cm³/mol. The van der Waals surface area contributed by atoms with E-state index in [1.54, 1.807) is 0 Å². The second-order valence-electron chi connectivity index (χ2n) is 8.79. The first-order chi connectivity index (χ1) is 15.1. The molecule has 0 N–H and O–H groups in total. The van der Waals surface area contributed by atoms with Crippen molar-refractivity contribution in [2.24, 2.45) is 0 Å². The lowest BCUT2D eigenvalue weighted by molar-refractivity contribution is -0.147. The Hall–Kier alpha value is -1.05. The molecule has 1 radical (unpaired) electrons. The van der Waals surface area contributed by atoms with E-state index >= 15 is 0 Å². The largest absolute Gasteiger partial charge is 0.463 e. The monoisotopic (exact) mass is 435 g/mol. The molecular weight excluding hydrogens is 380 g/mol. The van der Waals surface area contributed by atoms with Crippen LogP contribution in [0, 0.1) is 6.92 Å². The Labute approximate surface area is 196 Å². The Balaban J connectivity index is 0. The van der Waals surface area contributed by atoms with Crippen LogP contribution in [0.15, 0.2) is 24.3 Å². The van der Waals surface area contributed by atoms with E-state index in [2.05, 4.69) is 45.1 Å². The van der Waals surface area contributed by atoms with Crippen molar-refractivity contribution in [1.29, 1.82) is 0 Å². The molecule has 0 amide bonds. The van der Waals surface area contributed by atoms with Gasteiger partial charge in [-0.1, -0.05) is 122 Å². The second-order valence-corrected chi connectivity index (χ2v) is 8.79. The van der Waals surface area contributed by atoms with Gasteiger partial charge in [0, 0.05) is 6.42 Å². The van der Waals surface area contributed by atoms with Crippen LogP contribution in [0.5, 0.6) is 0 Å². The van der Waals surface area contributed by atoms with Crippen LogP contribution in [0.3, 0.4) is 0 Å². The molecule has 0 aromatic heterocycles. The minimum Gasteiger partial charge on any atom is -0.463 e. The summed E-state index contributed by atoms with van der Waals surface area (Å²) in [5.74, 6) is -0.0342. The van der Waals surface area contributed by atoms with Crippen LogP contribution in [0.2, 0.25) is 0 Å². The molecule has 0 aliphatic heterocycles. The third kappa shape index (κ3) is 33.8. The number of carbonyl (C=O) groups excluding carboxylic acids is 1. The Morgan fingerprint density at radius 3 is 1.65 bits per heavy atom. The molecule has 0 rings (SSSR count). The van der Waals surface area contributed by atoms with Gasteiger partial charge >= 0.3 is 5.97 Å².